The van der Waals surface area contributed by atoms with Gasteiger partial charge in [-0.05, 0) is 18.2 Å². The molecular weight excluding hydrogens is 268 g/mol. The molecule has 0 saturated heterocycles. The lowest BCUT2D eigenvalue weighted by molar-refractivity contribution is 0.0698. The molecule has 0 aliphatic carbocycles. The van der Waals surface area contributed by atoms with Gasteiger partial charge in [-0.25, -0.2) is 4.79 Å². The fourth-order valence-electron chi connectivity index (χ4n) is 1.16. The zero-order valence-corrected chi connectivity index (χ0v) is 10.5. The van der Waals surface area contributed by atoms with E-state index in [1.807, 2.05) is 0 Å². The van der Waals surface area contributed by atoms with E-state index in [9.17, 15) is 13.2 Å². The van der Waals surface area contributed by atoms with Crippen LogP contribution in [0, 0.1) is 0 Å². The molecule has 0 aliphatic rings. The second-order valence-electron chi connectivity index (χ2n) is 3.10. The summed E-state index contributed by atoms with van der Waals surface area (Å²) in [6.07, 6.45) is 0. The summed E-state index contributed by atoms with van der Waals surface area (Å²) in [5.74, 6) is -1.24. The number of hydrogen-bond donors (Lipinski definition) is 3. The molecule has 0 aromatic heterocycles. The predicted molar refractivity (Wildman–Crippen MR) is 64.6 cm³/mol. The van der Waals surface area contributed by atoms with Crippen LogP contribution in [0.1, 0.15) is 17.3 Å². The summed E-state index contributed by atoms with van der Waals surface area (Å²) in [6, 6.07) is 3.84. The minimum Gasteiger partial charge on any atom is -0.478 e. The number of halogens is 1. The van der Waals surface area contributed by atoms with Gasteiger partial charge in [0.1, 0.15) is 0 Å². The molecule has 1 rings (SSSR count). The fraction of sp³-hybridized carbons (Fsp3) is 0.222. The Morgan fingerprint density at radius 2 is 2.12 bits per heavy atom. The lowest BCUT2D eigenvalue weighted by atomic mass is 10.2. The minimum atomic E-state index is -3.78. The van der Waals surface area contributed by atoms with Gasteiger partial charge in [0.2, 0.25) is 0 Å². The van der Waals surface area contributed by atoms with Gasteiger partial charge >= 0.3 is 5.97 Å². The highest BCUT2D eigenvalue weighted by Crippen LogP contribution is 2.21. The zero-order chi connectivity index (χ0) is 13.1. The highest BCUT2D eigenvalue weighted by molar-refractivity contribution is 7.90. The van der Waals surface area contributed by atoms with Gasteiger partial charge in [0.25, 0.3) is 10.2 Å². The molecule has 1 aromatic carbocycles. The molecule has 6 nitrogen and oxygen atoms in total. The second kappa shape index (κ2) is 5.35. The van der Waals surface area contributed by atoms with Crippen LogP contribution in [-0.2, 0) is 10.2 Å². The van der Waals surface area contributed by atoms with Gasteiger partial charge in [0.05, 0.1) is 11.3 Å². The first-order valence-corrected chi connectivity index (χ1v) is 6.52. The van der Waals surface area contributed by atoms with Gasteiger partial charge in [0.15, 0.2) is 0 Å². The van der Waals surface area contributed by atoms with E-state index in [4.69, 9.17) is 16.7 Å². The number of aromatic carboxylic acids is 1. The Labute approximate surface area is 104 Å². The van der Waals surface area contributed by atoms with E-state index in [0.717, 1.165) is 0 Å². The van der Waals surface area contributed by atoms with E-state index in [1.54, 1.807) is 6.92 Å². The molecule has 0 fully saturated rings. The van der Waals surface area contributed by atoms with E-state index < -0.39 is 16.2 Å². The molecule has 3 N–H and O–H groups in total. The Morgan fingerprint density at radius 1 is 1.47 bits per heavy atom. The van der Waals surface area contributed by atoms with Crippen LogP contribution in [0.4, 0.5) is 5.69 Å². The maximum absolute atomic E-state index is 11.4. The third kappa shape index (κ3) is 3.88. The largest absolute Gasteiger partial charge is 0.478 e. The van der Waals surface area contributed by atoms with Crippen LogP contribution in [0.15, 0.2) is 18.2 Å². The maximum atomic E-state index is 11.4. The average molecular weight is 279 g/mol. The van der Waals surface area contributed by atoms with Crippen LogP contribution in [0.3, 0.4) is 0 Å². The molecule has 0 aliphatic heterocycles. The van der Waals surface area contributed by atoms with E-state index in [-0.39, 0.29) is 22.8 Å². The Morgan fingerprint density at radius 3 is 2.65 bits per heavy atom. The molecule has 0 radical (unpaired) electrons. The smallest absolute Gasteiger partial charge is 0.337 e. The van der Waals surface area contributed by atoms with Crippen LogP contribution in [0.5, 0.6) is 0 Å². The number of carboxylic acids is 1. The zero-order valence-electron chi connectivity index (χ0n) is 8.90. The summed E-state index contributed by atoms with van der Waals surface area (Å²) in [5.41, 5.74) is -0.248. The summed E-state index contributed by atoms with van der Waals surface area (Å²) < 4.78 is 27.1. The van der Waals surface area contributed by atoms with E-state index in [0.29, 0.717) is 0 Å². The van der Waals surface area contributed by atoms with Crippen molar-refractivity contribution in [1.29, 1.82) is 0 Å². The molecule has 0 heterocycles. The standard InChI is InChI=1S/C9H11ClN2O4S/c1-2-11-17(15,16)12-8-5-6(10)3-4-7(8)9(13)14/h3-5,11-12H,2H2,1H3,(H,13,14). The quantitative estimate of drug-likeness (QED) is 0.756. The Hall–Kier alpha value is -1.31. The molecule has 8 heteroatoms. The number of anilines is 1. The normalized spacial score (nSPS) is 11.2. The molecule has 0 unspecified atom stereocenters. The highest BCUT2D eigenvalue weighted by atomic mass is 35.5. The molecule has 0 spiro atoms. The van der Waals surface area contributed by atoms with E-state index >= 15 is 0 Å². The van der Waals surface area contributed by atoms with Gasteiger partial charge in [0, 0.05) is 11.6 Å². The SMILES string of the molecule is CCNS(=O)(=O)Nc1cc(Cl)ccc1C(=O)O. The van der Waals surface area contributed by atoms with Gasteiger partial charge in [-0.3, -0.25) is 4.72 Å². The molecule has 0 saturated carbocycles. The topological polar surface area (TPSA) is 95.5 Å². The first-order chi connectivity index (χ1) is 7.85. The summed E-state index contributed by atoms with van der Waals surface area (Å²) in [7, 11) is -3.78. The van der Waals surface area contributed by atoms with Crippen molar-refractivity contribution in [2.45, 2.75) is 6.92 Å². The minimum absolute atomic E-state index is 0.0778. The van der Waals surface area contributed by atoms with Crippen molar-refractivity contribution in [3.8, 4) is 0 Å². The van der Waals surface area contributed by atoms with Crippen LogP contribution in [0.25, 0.3) is 0 Å². The van der Waals surface area contributed by atoms with Crippen molar-refractivity contribution < 1.29 is 18.3 Å². The molecule has 17 heavy (non-hydrogen) atoms. The summed E-state index contributed by atoms with van der Waals surface area (Å²) in [6.45, 7) is 1.80. The summed E-state index contributed by atoms with van der Waals surface area (Å²) in [4.78, 5) is 10.9. The van der Waals surface area contributed by atoms with Crippen molar-refractivity contribution >= 4 is 33.5 Å². The van der Waals surface area contributed by atoms with Gasteiger partial charge in [-0.2, -0.15) is 13.1 Å². The molecule has 1 aromatic rings. The number of nitrogens with one attached hydrogen (secondary N) is 2. The number of rotatable bonds is 5. The molecule has 0 atom stereocenters. The van der Waals surface area contributed by atoms with Crippen molar-refractivity contribution in [3.05, 3.63) is 28.8 Å². The van der Waals surface area contributed by atoms with Crippen molar-refractivity contribution in [3.63, 3.8) is 0 Å². The van der Waals surface area contributed by atoms with E-state index in [1.165, 1.54) is 18.2 Å². The Kier molecular flexibility index (Phi) is 4.33. The number of carboxylic acid groups (broad SMARTS) is 1. The predicted octanol–water partition coefficient (Wildman–Crippen LogP) is 1.30. The Balaban J connectivity index is 3.13. The van der Waals surface area contributed by atoms with E-state index in [2.05, 4.69) is 9.44 Å². The lowest BCUT2D eigenvalue weighted by Gasteiger charge is -2.10. The lowest BCUT2D eigenvalue weighted by Crippen LogP contribution is -2.30. The van der Waals surface area contributed by atoms with Crippen molar-refractivity contribution in [2.75, 3.05) is 11.3 Å². The maximum Gasteiger partial charge on any atom is 0.337 e. The van der Waals surface area contributed by atoms with Crippen molar-refractivity contribution in [2.24, 2.45) is 0 Å². The fourth-order valence-corrected chi connectivity index (χ4v) is 2.24. The van der Waals surface area contributed by atoms with Crippen LogP contribution < -0.4 is 9.44 Å². The first-order valence-electron chi connectivity index (χ1n) is 4.66. The Bertz CT molecular complexity index is 530. The van der Waals surface area contributed by atoms with Gasteiger partial charge in [-0.1, -0.05) is 18.5 Å². The van der Waals surface area contributed by atoms with Gasteiger partial charge < -0.3 is 5.11 Å². The monoisotopic (exact) mass is 278 g/mol. The second-order valence-corrected chi connectivity index (χ2v) is 5.03. The first kappa shape index (κ1) is 13.8. The number of benzene rings is 1. The van der Waals surface area contributed by atoms with Gasteiger partial charge in [-0.15, -0.1) is 0 Å². The highest BCUT2D eigenvalue weighted by Gasteiger charge is 2.15. The van der Waals surface area contributed by atoms with Crippen LogP contribution in [0.2, 0.25) is 5.02 Å². The third-order valence-corrected chi connectivity index (χ3v) is 3.18. The van der Waals surface area contributed by atoms with Crippen molar-refractivity contribution in [1.82, 2.24) is 4.72 Å². The molecule has 0 bridgehead atoms. The number of carbonyl (C=O) groups is 1. The average Bonchev–Trinajstić information content (AvgIpc) is 2.15. The third-order valence-electron chi connectivity index (χ3n) is 1.79. The van der Waals surface area contributed by atoms with Crippen LogP contribution in [-0.4, -0.2) is 26.0 Å². The molecule has 0 amide bonds. The van der Waals surface area contributed by atoms with Crippen LogP contribution >= 0.6 is 11.6 Å². The summed E-state index contributed by atoms with van der Waals surface area (Å²) in [5, 5.41) is 9.12. The number of hydrogen-bond acceptors (Lipinski definition) is 3. The molecular formula is C9H11ClN2O4S. The summed E-state index contributed by atoms with van der Waals surface area (Å²) >= 11 is 5.68. The molecule has 94 valence electrons.